The van der Waals surface area contributed by atoms with E-state index in [9.17, 15) is 9.59 Å². The van der Waals surface area contributed by atoms with Crippen molar-refractivity contribution in [2.24, 2.45) is 13.0 Å². The Morgan fingerprint density at radius 1 is 1.09 bits per heavy atom. The molecular weight excluding hydrogens is 438 g/mol. The minimum atomic E-state index is -0.607. The summed E-state index contributed by atoms with van der Waals surface area (Å²) in [5.74, 6) is 1.64. The van der Waals surface area contributed by atoms with E-state index in [1.807, 2.05) is 12.1 Å². The summed E-state index contributed by atoms with van der Waals surface area (Å²) in [5, 5.41) is 11.8. The maximum absolute atomic E-state index is 13.1. The zero-order valence-electron chi connectivity index (χ0n) is 18.6. The molecule has 11 heteroatoms. The van der Waals surface area contributed by atoms with Gasteiger partial charge in [0.25, 0.3) is 17.8 Å². The second-order valence-electron chi connectivity index (χ2n) is 8.78. The zero-order chi connectivity index (χ0) is 23.2. The highest BCUT2D eigenvalue weighted by Crippen LogP contribution is 2.32. The van der Waals surface area contributed by atoms with Gasteiger partial charge >= 0.3 is 0 Å². The van der Waals surface area contributed by atoms with Crippen LogP contribution >= 0.6 is 0 Å². The number of ether oxygens (including phenoxy) is 2. The highest BCUT2D eigenvalue weighted by molar-refractivity contribution is 6.10. The summed E-state index contributed by atoms with van der Waals surface area (Å²) >= 11 is 0. The third-order valence-electron chi connectivity index (χ3n) is 6.26. The number of amides is 2. The van der Waals surface area contributed by atoms with Gasteiger partial charge in [0.2, 0.25) is 5.88 Å². The summed E-state index contributed by atoms with van der Waals surface area (Å²) in [7, 11) is 1.65. The molecule has 0 N–H and O–H groups in total. The number of tetrazole rings is 1. The van der Waals surface area contributed by atoms with Crippen molar-refractivity contribution in [3.63, 3.8) is 0 Å². The molecule has 11 nitrogen and oxygen atoms in total. The average molecular weight is 461 g/mol. The molecule has 0 unspecified atom stereocenters. The van der Waals surface area contributed by atoms with Crippen LogP contribution in [0.5, 0.6) is 11.6 Å². The molecule has 1 aliphatic carbocycles. The first kappa shape index (κ1) is 20.6. The van der Waals surface area contributed by atoms with Crippen molar-refractivity contribution >= 4 is 23.5 Å². The third-order valence-corrected chi connectivity index (χ3v) is 6.26. The van der Waals surface area contributed by atoms with Crippen molar-refractivity contribution in [2.45, 2.75) is 31.9 Å². The molecule has 6 rings (SSSR count). The van der Waals surface area contributed by atoms with E-state index in [0.29, 0.717) is 54.9 Å². The van der Waals surface area contributed by atoms with Gasteiger partial charge in [0.1, 0.15) is 5.75 Å². The fraction of sp³-hybridized carbons (Fsp3) is 0.391. The van der Waals surface area contributed by atoms with Gasteiger partial charge < -0.3 is 14.4 Å². The maximum Gasteiger partial charge on any atom is 0.273 e. The lowest BCUT2D eigenvalue weighted by Gasteiger charge is -2.18. The summed E-state index contributed by atoms with van der Waals surface area (Å²) in [6.07, 6.45) is 3.96. The normalized spacial score (nSPS) is 19.6. The van der Waals surface area contributed by atoms with Crippen LogP contribution in [-0.4, -0.2) is 56.3 Å². The summed E-state index contributed by atoms with van der Waals surface area (Å²) in [4.78, 5) is 34.7. The van der Waals surface area contributed by atoms with Gasteiger partial charge in [0.05, 0.1) is 26.4 Å². The zero-order valence-corrected chi connectivity index (χ0v) is 18.6. The molecule has 0 bridgehead atoms. The molecule has 2 aliphatic heterocycles. The molecule has 3 aliphatic rings. The lowest BCUT2D eigenvalue weighted by molar-refractivity contribution is -0.122. The van der Waals surface area contributed by atoms with Gasteiger partial charge in [-0.05, 0) is 47.7 Å². The first-order chi connectivity index (χ1) is 16.5. The average Bonchev–Trinajstić information content (AvgIpc) is 3.35. The molecule has 0 radical (unpaired) electrons. The van der Waals surface area contributed by atoms with E-state index < -0.39 is 6.10 Å². The molecule has 1 saturated carbocycles. The van der Waals surface area contributed by atoms with Crippen molar-refractivity contribution in [2.75, 3.05) is 23.0 Å². The van der Waals surface area contributed by atoms with Crippen molar-refractivity contribution in [3.8, 4) is 11.6 Å². The Hall–Kier alpha value is -4.02. The smallest absolute Gasteiger partial charge is 0.273 e. The summed E-state index contributed by atoms with van der Waals surface area (Å²) in [6.45, 7) is 1.56. The maximum atomic E-state index is 13.1. The molecule has 2 aromatic heterocycles. The number of hydrogen-bond acceptors (Lipinski definition) is 8. The summed E-state index contributed by atoms with van der Waals surface area (Å²) in [5.41, 5.74) is 2.06. The molecular formula is C23H23N7O4. The molecule has 2 fully saturated rings. The van der Waals surface area contributed by atoms with Gasteiger partial charge in [0.15, 0.2) is 6.10 Å². The largest absolute Gasteiger partial charge is 0.479 e. The van der Waals surface area contributed by atoms with Gasteiger partial charge in [0, 0.05) is 30.3 Å². The molecule has 34 heavy (non-hydrogen) atoms. The Morgan fingerprint density at radius 2 is 1.97 bits per heavy atom. The van der Waals surface area contributed by atoms with E-state index in [1.165, 1.54) is 22.5 Å². The van der Waals surface area contributed by atoms with Gasteiger partial charge in [-0.3, -0.25) is 14.5 Å². The number of anilines is 2. The number of nitrogens with zero attached hydrogens (tertiary/aromatic N) is 7. The molecule has 1 atom stereocenters. The first-order valence-electron chi connectivity index (χ1n) is 11.3. The van der Waals surface area contributed by atoms with Gasteiger partial charge in [-0.25, -0.2) is 4.98 Å². The topological polar surface area (TPSA) is 116 Å². The highest BCUT2D eigenvalue weighted by atomic mass is 16.5. The number of aromatic nitrogens is 5. The molecule has 3 aromatic rings. The Kier molecular flexibility index (Phi) is 4.89. The lowest BCUT2D eigenvalue weighted by atomic mass is 10.1. The van der Waals surface area contributed by atoms with Crippen molar-refractivity contribution < 1.29 is 19.1 Å². The second kappa shape index (κ2) is 8.08. The summed E-state index contributed by atoms with van der Waals surface area (Å²) < 4.78 is 11.6. The predicted molar refractivity (Wildman–Crippen MR) is 120 cm³/mol. The molecule has 4 heterocycles. The van der Waals surface area contributed by atoms with Crippen LogP contribution in [0, 0.1) is 5.92 Å². The van der Waals surface area contributed by atoms with Crippen LogP contribution in [0.1, 0.15) is 35.2 Å². The third kappa shape index (κ3) is 3.82. The number of pyridine rings is 1. The van der Waals surface area contributed by atoms with Crippen LogP contribution in [0.2, 0.25) is 0 Å². The molecule has 0 spiro atoms. The Labute approximate surface area is 195 Å². The van der Waals surface area contributed by atoms with E-state index >= 15 is 0 Å². The van der Waals surface area contributed by atoms with Gasteiger partial charge in [-0.2, -0.15) is 4.80 Å². The Morgan fingerprint density at radius 3 is 2.71 bits per heavy atom. The monoisotopic (exact) mass is 461 g/mol. The van der Waals surface area contributed by atoms with Crippen LogP contribution in [0.15, 0.2) is 36.5 Å². The first-order valence-corrected chi connectivity index (χ1v) is 11.3. The van der Waals surface area contributed by atoms with E-state index in [2.05, 4.69) is 20.4 Å². The van der Waals surface area contributed by atoms with Crippen LogP contribution in [0.4, 0.5) is 11.6 Å². The van der Waals surface area contributed by atoms with Crippen molar-refractivity contribution in [1.82, 2.24) is 25.2 Å². The number of hydrogen-bond donors (Lipinski definition) is 0. The second-order valence-corrected chi connectivity index (χ2v) is 8.78. The quantitative estimate of drug-likeness (QED) is 0.523. The van der Waals surface area contributed by atoms with E-state index in [1.54, 1.807) is 36.3 Å². The molecule has 1 aromatic carbocycles. The number of aryl methyl sites for hydroxylation is 1. The van der Waals surface area contributed by atoms with Gasteiger partial charge in [-0.15, -0.1) is 5.10 Å². The van der Waals surface area contributed by atoms with Crippen LogP contribution < -0.4 is 19.3 Å². The van der Waals surface area contributed by atoms with Crippen LogP contribution in [0.25, 0.3) is 0 Å². The minimum absolute atomic E-state index is 0.146. The lowest BCUT2D eigenvalue weighted by Crippen LogP contribution is -2.32. The molecule has 2 amide bonds. The Balaban J connectivity index is 1.12. The van der Waals surface area contributed by atoms with E-state index in [-0.39, 0.29) is 17.8 Å². The van der Waals surface area contributed by atoms with E-state index in [0.717, 1.165) is 5.56 Å². The molecule has 174 valence electrons. The number of carbonyl (C=O) groups excluding carboxylic acids is 2. The fourth-order valence-corrected chi connectivity index (χ4v) is 4.19. The molecule has 1 saturated heterocycles. The highest BCUT2D eigenvalue weighted by Gasteiger charge is 2.37. The number of rotatable bonds is 7. The van der Waals surface area contributed by atoms with Crippen LogP contribution in [-0.2, 0) is 18.4 Å². The van der Waals surface area contributed by atoms with Crippen molar-refractivity contribution in [1.29, 1.82) is 0 Å². The van der Waals surface area contributed by atoms with E-state index in [4.69, 9.17) is 9.47 Å². The number of carbonyl (C=O) groups is 2. The number of benzene rings is 1. The van der Waals surface area contributed by atoms with Crippen LogP contribution in [0.3, 0.4) is 0 Å². The van der Waals surface area contributed by atoms with Gasteiger partial charge in [-0.1, -0.05) is 11.2 Å². The fourth-order valence-electron chi connectivity index (χ4n) is 4.19. The van der Waals surface area contributed by atoms with Crippen molar-refractivity contribution in [3.05, 3.63) is 47.7 Å². The SMILES string of the molecule is Cn1nnc(N2Cc3ccc(N4CC[C@@H](Oc5ccc(OCC6CC6)nc5)C4=O)cc3C2=O)n1. The predicted octanol–water partition coefficient (Wildman–Crippen LogP) is 1.74. The standard InChI is InChI=1S/C23H23N7O4/c1-28-26-23(25-27-28)30-12-15-4-5-16(10-18(15)21(30)31)29-9-8-19(22(29)32)34-17-6-7-20(24-11-17)33-13-14-2-3-14/h4-7,10-11,14,19H,2-3,8-9,12-13H2,1H3/t19-/m1/s1. The minimum Gasteiger partial charge on any atom is -0.479 e. The number of fused-ring (bicyclic) bond motifs is 1. The Bertz CT molecular complexity index is 1250. The summed E-state index contributed by atoms with van der Waals surface area (Å²) in [6, 6.07) is 9.01.